The van der Waals surface area contributed by atoms with Crippen LogP contribution >= 0.6 is 0 Å². The molecule has 0 aliphatic heterocycles. The highest BCUT2D eigenvalue weighted by molar-refractivity contribution is 5.77. The van der Waals surface area contributed by atoms with Gasteiger partial charge >= 0.3 is 0 Å². The van der Waals surface area contributed by atoms with Gasteiger partial charge in [0.2, 0.25) is 5.91 Å². The third-order valence-corrected chi connectivity index (χ3v) is 4.67. The highest BCUT2D eigenvalue weighted by Gasteiger charge is 2.36. The molecular weight excluding hydrogens is 224 g/mol. The van der Waals surface area contributed by atoms with Gasteiger partial charge in [0.25, 0.3) is 0 Å². The van der Waals surface area contributed by atoms with Crippen LogP contribution in [0.5, 0.6) is 0 Å². The number of nitrogens with one attached hydrogen (secondary N) is 1. The Balaban J connectivity index is 1.85. The maximum absolute atomic E-state index is 12.1. The van der Waals surface area contributed by atoms with Crippen molar-refractivity contribution in [2.45, 2.75) is 70.3 Å². The summed E-state index contributed by atoms with van der Waals surface area (Å²) in [5.41, 5.74) is -0.567. The molecule has 0 heterocycles. The Morgan fingerprint density at radius 1 is 1.28 bits per heavy atom. The summed E-state index contributed by atoms with van der Waals surface area (Å²) in [6.45, 7) is 2.22. The van der Waals surface area contributed by atoms with E-state index in [0.717, 1.165) is 25.7 Å². The monoisotopic (exact) mass is 248 g/mol. The quantitative estimate of drug-likeness (QED) is 0.834. The zero-order valence-corrected chi connectivity index (χ0v) is 11.4. The van der Waals surface area contributed by atoms with E-state index >= 15 is 0 Å². The molecule has 0 aromatic heterocycles. The van der Waals surface area contributed by atoms with Crippen LogP contribution in [0.4, 0.5) is 0 Å². The third kappa shape index (κ3) is 3.25. The zero-order chi connectivity index (χ0) is 13.0. The molecule has 2 aliphatic carbocycles. The van der Waals surface area contributed by atoms with Crippen molar-refractivity contribution >= 4 is 5.91 Å². The number of hydrogen-bond acceptors (Lipinski definition) is 2. The van der Waals surface area contributed by atoms with Crippen LogP contribution in [0.15, 0.2) is 0 Å². The first kappa shape index (κ1) is 13.4. The lowest BCUT2D eigenvalue weighted by molar-refractivity contribution is -0.123. The molecule has 0 saturated heterocycles. The third-order valence-electron chi connectivity index (χ3n) is 4.67. The predicted octanol–water partition coefficient (Wildman–Crippen LogP) is 3.16. The maximum atomic E-state index is 12.1. The molecule has 18 heavy (non-hydrogen) atoms. The van der Waals surface area contributed by atoms with Gasteiger partial charge in [-0.05, 0) is 50.4 Å². The molecular formula is C15H24N2O. The van der Waals surface area contributed by atoms with Gasteiger partial charge < -0.3 is 5.32 Å². The summed E-state index contributed by atoms with van der Waals surface area (Å²) in [6, 6.07) is 2.36. The Hall–Kier alpha value is -1.04. The SMILES string of the molecule is CC1CCC(C#N)(NC(=O)CC2CCCC2)CC1. The van der Waals surface area contributed by atoms with Gasteiger partial charge in [-0.15, -0.1) is 0 Å². The van der Waals surface area contributed by atoms with Gasteiger partial charge in [0.15, 0.2) is 0 Å². The zero-order valence-electron chi connectivity index (χ0n) is 11.4. The minimum atomic E-state index is -0.567. The first-order chi connectivity index (χ1) is 8.63. The molecule has 3 nitrogen and oxygen atoms in total. The summed E-state index contributed by atoms with van der Waals surface area (Å²) < 4.78 is 0. The molecule has 0 bridgehead atoms. The fourth-order valence-corrected chi connectivity index (χ4v) is 3.31. The minimum absolute atomic E-state index is 0.0954. The van der Waals surface area contributed by atoms with Crippen LogP contribution < -0.4 is 5.32 Å². The molecule has 0 radical (unpaired) electrons. The van der Waals surface area contributed by atoms with Crippen molar-refractivity contribution in [2.75, 3.05) is 0 Å². The van der Waals surface area contributed by atoms with E-state index in [9.17, 15) is 10.1 Å². The average molecular weight is 248 g/mol. The number of nitrogens with zero attached hydrogens (tertiary/aromatic N) is 1. The second kappa shape index (κ2) is 5.73. The lowest BCUT2D eigenvalue weighted by Crippen LogP contribution is -2.49. The lowest BCUT2D eigenvalue weighted by Gasteiger charge is -2.34. The predicted molar refractivity (Wildman–Crippen MR) is 70.7 cm³/mol. The van der Waals surface area contributed by atoms with E-state index < -0.39 is 5.54 Å². The summed E-state index contributed by atoms with van der Waals surface area (Å²) in [7, 11) is 0. The van der Waals surface area contributed by atoms with Crippen molar-refractivity contribution in [1.82, 2.24) is 5.32 Å². The topological polar surface area (TPSA) is 52.9 Å². The van der Waals surface area contributed by atoms with Crippen molar-refractivity contribution in [2.24, 2.45) is 11.8 Å². The molecule has 1 N–H and O–H groups in total. The Labute approximate surface area is 110 Å². The molecule has 3 heteroatoms. The lowest BCUT2D eigenvalue weighted by atomic mass is 9.78. The van der Waals surface area contributed by atoms with Gasteiger partial charge in [-0.25, -0.2) is 0 Å². The number of amides is 1. The standard InChI is InChI=1S/C15H24N2O/c1-12-6-8-15(11-16,9-7-12)17-14(18)10-13-4-2-3-5-13/h12-13H,2-10H2,1H3,(H,17,18). The summed E-state index contributed by atoms with van der Waals surface area (Å²) in [4.78, 5) is 12.1. The Kier molecular flexibility index (Phi) is 4.27. The number of nitriles is 1. The second-order valence-electron chi connectivity index (χ2n) is 6.28. The normalized spacial score (nSPS) is 33.0. The number of rotatable bonds is 3. The first-order valence-electron chi connectivity index (χ1n) is 7.36. The highest BCUT2D eigenvalue weighted by atomic mass is 16.1. The van der Waals surface area contributed by atoms with E-state index in [1.54, 1.807) is 0 Å². The summed E-state index contributed by atoms with van der Waals surface area (Å²) in [5.74, 6) is 1.35. The van der Waals surface area contributed by atoms with Gasteiger partial charge in [0.05, 0.1) is 6.07 Å². The van der Waals surface area contributed by atoms with Gasteiger partial charge in [-0.1, -0.05) is 19.8 Å². The van der Waals surface area contributed by atoms with E-state index in [0.29, 0.717) is 18.3 Å². The van der Waals surface area contributed by atoms with Gasteiger partial charge in [-0.3, -0.25) is 4.79 Å². The van der Waals surface area contributed by atoms with Crippen molar-refractivity contribution in [3.05, 3.63) is 0 Å². The molecule has 2 saturated carbocycles. The van der Waals surface area contributed by atoms with E-state index in [1.165, 1.54) is 25.7 Å². The summed E-state index contributed by atoms with van der Waals surface area (Å²) >= 11 is 0. The minimum Gasteiger partial charge on any atom is -0.338 e. The fraction of sp³-hybridized carbons (Fsp3) is 0.867. The smallest absolute Gasteiger partial charge is 0.221 e. The second-order valence-corrected chi connectivity index (χ2v) is 6.28. The van der Waals surface area contributed by atoms with Crippen molar-refractivity contribution in [3.8, 4) is 6.07 Å². The molecule has 0 atom stereocenters. The van der Waals surface area contributed by atoms with Crippen molar-refractivity contribution in [1.29, 1.82) is 5.26 Å². The highest BCUT2D eigenvalue weighted by Crippen LogP contribution is 2.32. The van der Waals surface area contributed by atoms with Gasteiger partial charge in [0.1, 0.15) is 5.54 Å². The number of carbonyl (C=O) groups is 1. The molecule has 2 fully saturated rings. The average Bonchev–Trinajstić information content (AvgIpc) is 2.85. The molecule has 0 unspecified atom stereocenters. The van der Waals surface area contributed by atoms with E-state index in [2.05, 4.69) is 18.3 Å². The molecule has 100 valence electrons. The van der Waals surface area contributed by atoms with E-state index in [4.69, 9.17) is 0 Å². The van der Waals surface area contributed by atoms with Crippen molar-refractivity contribution < 1.29 is 4.79 Å². The van der Waals surface area contributed by atoms with Crippen molar-refractivity contribution in [3.63, 3.8) is 0 Å². The van der Waals surface area contributed by atoms with Crippen LogP contribution in [0.25, 0.3) is 0 Å². The summed E-state index contributed by atoms with van der Waals surface area (Å²) in [5, 5.41) is 12.4. The molecule has 0 aromatic rings. The Bertz CT molecular complexity index is 331. The molecule has 0 spiro atoms. The Morgan fingerprint density at radius 3 is 2.44 bits per heavy atom. The van der Waals surface area contributed by atoms with Crippen LogP contribution in [0.1, 0.15) is 64.7 Å². The maximum Gasteiger partial charge on any atom is 0.221 e. The molecule has 1 amide bonds. The number of carbonyl (C=O) groups excluding carboxylic acids is 1. The molecule has 2 aliphatic rings. The first-order valence-corrected chi connectivity index (χ1v) is 7.36. The van der Waals surface area contributed by atoms with Gasteiger partial charge in [0, 0.05) is 6.42 Å². The summed E-state index contributed by atoms with van der Waals surface area (Å²) in [6.07, 6.45) is 9.27. The largest absolute Gasteiger partial charge is 0.338 e. The van der Waals surface area contributed by atoms with Crippen LogP contribution in [0.2, 0.25) is 0 Å². The Morgan fingerprint density at radius 2 is 1.89 bits per heavy atom. The van der Waals surface area contributed by atoms with E-state index in [1.807, 2.05) is 0 Å². The molecule has 0 aromatic carbocycles. The molecule has 2 rings (SSSR count). The van der Waals surface area contributed by atoms with Crippen LogP contribution in [0, 0.1) is 23.2 Å². The van der Waals surface area contributed by atoms with Crippen LogP contribution in [0.3, 0.4) is 0 Å². The van der Waals surface area contributed by atoms with E-state index in [-0.39, 0.29) is 5.91 Å². The van der Waals surface area contributed by atoms with Gasteiger partial charge in [-0.2, -0.15) is 5.26 Å². The number of hydrogen-bond donors (Lipinski definition) is 1. The van der Waals surface area contributed by atoms with Crippen LogP contribution in [-0.4, -0.2) is 11.4 Å². The van der Waals surface area contributed by atoms with Crippen LogP contribution in [-0.2, 0) is 4.79 Å². The fourth-order valence-electron chi connectivity index (χ4n) is 3.31.